The molecule has 23 heavy (non-hydrogen) atoms. The molecule has 0 aromatic carbocycles. The fraction of sp³-hybridized carbons (Fsp3) is 0.933. The van der Waals surface area contributed by atoms with Crippen LogP contribution in [0, 0.1) is 5.92 Å². The first-order chi connectivity index (χ1) is 10.5. The molecular weight excluding hydrogens is 327 g/mol. The summed E-state index contributed by atoms with van der Waals surface area (Å²) in [5.41, 5.74) is 0. The first-order valence-corrected chi connectivity index (χ1v) is 9.28. The van der Waals surface area contributed by atoms with Crippen LogP contribution in [-0.4, -0.2) is 46.5 Å². The summed E-state index contributed by atoms with van der Waals surface area (Å²) in [6, 6.07) is -0.227. The van der Waals surface area contributed by atoms with Crippen LogP contribution < -0.4 is 10.6 Å². The normalized spacial score (nSPS) is 25.1. The third-order valence-electron chi connectivity index (χ3n) is 3.96. The lowest BCUT2D eigenvalue weighted by Gasteiger charge is -2.32. The summed E-state index contributed by atoms with van der Waals surface area (Å²) in [5, 5.41) is 6.10. The topological polar surface area (TPSA) is 53.5 Å². The first kappa shape index (κ1) is 20.3. The minimum Gasteiger partial charge on any atom is -0.355 e. The molecule has 0 heterocycles. The van der Waals surface area contributed by atoms with Gasteiger partial charge in [0, 0.05) is 40.9 Å². The minimum atomic E-state index is -4.12. The molecule has 4 nitrogen and oxygen atoms in total. The van der Waals surface area contributed by atoms with Crippen molar-refractivity contribution in [2.24, 2.45) is 10.9 Å². The minimum absolute atomic E-state index is 0.0815. The molecule has 1 rings (SSSR count). The van der Waals surface area contributed by atoms with Gasteiger partial charge >= 0.3 is 6.18 Å². The molecule has 136 valence electrons. The van der Waals surface area contributed by atoms with Crippen LogP contribution in [0.15, 0.2) is 4.99 Å². The van der Waals surface area contributed by atoms with Gasteiger partial charge in [-0.2, -0.15) is 13.2 Å². The molecule has 0 aromatic rings. The van der Waals surface area contributed by atoms with Crippen molar-refractivity contribution in [2.75, 3.05) is 19.3 Å². The van der Waals surface area contributed by atoms with E-state index in [0.29, 0.717) is 31.1 Å². The van der Waals surface area contributed by atoms with Crippen molar-refractivity contribution in [1.82, 2.24) is 10.6 Å². The predicted octanol–water partition coefficient (Wildman–Crippen LogP) is 2.82. The number of rotatable bonds is 4. The highest BCUT2D eigenvalue weighted by atomic mass is 32.2. The number of guanidine groups is 1. The van der Waals surface area contributed by atoms with E-state index >= 15 is 0 Å². The van der Waals surface area contributed by atoms with E-state index in [1.807, 2.05) is 20.8 Å². The van der Waals surface area contributed by atoms with Crippen molar-refractivity contribution in [2.45, 2.75) is 63.4 Å². The second-order valence-electron chi connectivity index (χ2n) is 6.91. The maximum absolute atomic E-state index is 12.8. The van der Waals surface area contributed by atoms with E-state index in [9.17, 15) is 17.4 Å². The maximum atomic E-state index is 12.8. The summed E-state index contributed by atoms with van der Waals surface area (Å²) in [5.74, 6) is -0.288. The Balaban J connectivity index is 2.43. The number of alkyl halides is 3. The van der Waals surface area contributed by atoms with Crippen LogP contribution in [0.5, 0.6) is 0 Å². The Hall–Kier alpha value is -0.790. The van der Waals surface area contributed by atoms with Crippen LogP contribution in [0.25, 0.3) is 0 Å². The molecule has 1 fully saturated rings. The Morgan fingerprint density at radius 3 is 2.43 bits per heavy atom. The number of nitrogens with zero attached hydrogens (tertiary/aromatic N) is 1. The van der Waals surface area contributed by atoms with E-state index in [0.717, 1.165) is 0 Å². The highest BCUT2D eigenvalue weighted by Gasteiger charge is 2.42. The molecule has 0 bridgehead atoms. The van der Waals surface area contributed by atoms with Crippen molar-refractivity contribution in [3.05, 3.63) is 0 Å². The van der Waals surface area contributed by atoms with Gasteiger partial charge < -0.3 is 10.6 Å². The van der Waals surface area contributed by atoms with E-state index in [1.54, 1.807) is 7.05 Å². The van der Waals surface area contributed by atoms with Crippen LogP contribution >= 0.6 is 0 Å². The third kappa shape index (κ3) is 7.10. The van der Waals surface area contributed by atoms with Crippen molar-refractivity contribution >= 4 is 16.8 Å². The van der Waals surface area contributed by atoms with Crippen LogP contribution in [0.3, 0.4) is 0 Å². The van der Waals surface area contributed by atoms with Gasteiger partial charge in [0.15, 0.2) is 5.96 Å². The van der Waals surface area contributed by atoms with Gasteiger partial charge in [0.05, 0.1) is 5.92 Å². The number of nitrogens with one attached hydrogen (secondary N) is 2. The second kappa shape index (κ2) is 8.35. The number of aliphatic imine (C=N–C) groups is 1. The maximum Gasteiger partial charge on any atom is 0.391 e. The molecule has 8 heteroatoms. The Labute approximate surface area is 139 Å². The average Bonchev–Trinajstić information content (AvgIpc) is 2.44. The van der Waals surface area contributed by atoms with Crippen molar-refractivity contribution in [3.8, 4) is 0 Å². The Bertz CT molecular complexity index is 433. The van der Waals surface area contributed by atoms with Crippen molar-refractivity contribution in [3.63, 3.8) is 0 Å². The second-order valence-corrected chi connectivity index (χ2v) is 9.23. The van der Waals surface area contributed by atoms with Gasteiger partial charge in [-0.25, -0.2) is 0 Å². The van der Waals surface area contributed by atoms with Crippen LogP contribution in [-0.2, 0) is 10.8 Å². The molecule has 1 saturated carbocycles. The van der Waals surface area contributed by atoms with E-state index in [4.69, 9.17) is 0 Å². The molecule has 0 aliphatic heterocycles. The van der Waals surface area contributed by atoms with E-state index in [1.165, 1.54) is 0 Å². The van der Waals surface area contributed by atoms with Gasteiger partial charge in [-0.15, -0.1) is 0 Å². The summed E-state index contributed by atoms with van der Waals surface area (Å²) in [4.78, 5) is 4.04. The summed E-state index contributed by atoms with van der Waals surface area (Å²) in [6.07, 6.45) is -2.56. The molecule has 0 aromatic heterocycles. The van der Waals surface area contributed by atoms with Crippen molar-refractivity contribution in [1.29, 1.82) is 0 Å². The predicted molar refractivity (Wildman–Crippen MR) is 89.1 cm³/mol. The fourth-order valence-corrected chi connectivity index (χ4v) is 3.47. The molecule has 0 spiro atoms. The van der Waals surface area contributed by atoms with Gasteiger partial charge in [-0.05, 0) is 40.0 Å². The van der Waals surface area contributed by atoms with Crippen molar-refractivity contribution < 1.29 is 17.4 Å². The third-order valence-corrected chi connectivity index (χ3v) is 5.91. The fourth-order valence-electron chi connectivity index (χ4n) is 2.57. The molecule has 1 aliphatic carbocycles. The Morgan fingerprint density at radius 1 is 1.26 bits per heavy atom. The summed E-state index contributed by atoms with van der Waals surface area (Å²) in [7, 11) is 0.609. The largest absolute Gasteiger partial charge is 0.391 e. The molecular formula is C15H28F3N3OS. The van der Waals surface area contributed by atoms with Crippen LogP contribution in [0.4, 0.5) is 13.2 Å². The van der Waals surface area contributed by atoms with Gasteiger partial charge in [-0.1, -0.05) is 6.42 Å². The molecule has 3 atom stereocenters. The highest BCUT2D eigenvalue weighted by Crippen LogP contribution is 2.37. The Kier molecular flexibility index (Phi) is 7.35. The van der Waals surface area contributed by atoms with E-state index in [-0.39, 0.29) is 23.6 Å². The lowest BCUT2D eigenvalue weighted by molar-refractivity contribution is -0.183. The zero-order chi connectivity index (χ0) is 17.7. The molecule has 2 N–H and O–H groups in total. The standard InChI is InChI=1S/C15H28F3N3OS/c1-14(2,3)23(22)9-8-20-13(19-4)21-12-7-5-6-11(10-12)15(16,17)18/h11-12H,5-10H2,1-4H3,(H2,19,20,21). The number of hydrogen-bond acceptors (Lipinski definition) is 2. The first-order valence-electron chi connectivity index (χ1n) is 7.96. The van der Waals surface area contributed by atoms with Gasteiger partial charge in [0.2, 0.25) is 0 Å². The lowest BCUT2D eigenvalue weighted by Crippen LogP contribution is -2.47. The molecule has 0 radical (unpaired) electrons. The average molecular weight is 355 g/mol. The Morgan fingerprint density at radius 2 is 1.91 bits per heavy atom. The van der Waals surface area contributed by atoms with Gasteiger partial charge in [-0.3, -0.25) is 9.20 Å². The smallest absolute Gasteiger partial charge is 0.355 e. The van der Waals surface area contributed by atoms with Crippen LogP contribution in [0.2, 0.25) is 0 Å². The SMILES string of the molecule is CN=C(NCCS(=O)C(C)(C)C)NC1CCCC(C(F)(F)F)C1. The molecule has 0 saturated heterocycles. The quantitative estimate of drug-likeness (QED) is 0.602. The van der Waals surface area contributed by atoms with E-state index < -0.39 is 22.9 Å². The summed E-state index contributed by atoms with van der Waals surface area (Å²) in [6.45, 7) is 6.21. The number of halogens is 3. The zero-order valence-corrected chi connectivity index (χ0v) is 15.1. The summed E-state index contributed by atoms with van der Waals surface area (Å²) >= 11 is 0. The monoisotopic (exact) mass is 355 g/mol. The van der Waals surface area contributed by atoms with Crippen LogP contribution in [0.1, 0.15) is 46.5 Å². The highest BCUT2D eigenvalue weighted by molar-refractivity contribution is 7.86. The molecule has 0 amide bonds. The van der Waals surface area contributed by atoms with Gasteiger partial charge in [0.25, 0.3) is 0 Å². The van der Waals surface area contributed by atoms with Gasteiger partial charge in [0.1, 0.15) is 0 Å². The van der Waals surface area contributed by atoms with E-state index in [2.05, 4.69) is 15.6 Å². The zero-order valence-electron chi connectivity index (χ0n) is 14.3. The molecule has 1 aliphatic rings. The number of hydrogen-bond donors (Lipinski definition) is 2. The summed E-state index contributed by atoms with van der Waals surface area (Å²) < 4.78 is 50.2. The molecule has 3 unspecified atom stereocenters. The lowest BCUT2D eigenvalue weighted by atomic mass is 9.85.